The summed E-state index contributed by atoms with van der Waals surface area (Å²) in [4.78, 5) is 44.8. The van der Waals surface area contributed by atoms with Crippen molar-refractivity contribution in [2.45, 2.75) is 40.2 Å². The first-order valence-corrected chi connectivity index (χ1v) is 11.1. The average molecular weight is 458 g/mol. The quantitative estimate of drug-likeness (QED) is 0.257. The predicted molar refractivity (Wildman–Crippen MR) is 122 cm³/mol. The molecule has 9 heteroatoms. The zero-order valence-corrected chi connectivity index (χ0v) is 19.7. The number of amides is 1. The van der Waals surface area contributed by atoms with Gasteiger partial charge in [-0.1, -0.05) is 13.8 Å². The Bertz CT molecular complexity index is 1060. The van der Waals surface area contributed by atoms with Crippen LogP contribution in [0.5, 0.6) is 0 Å². The Hall–Kier alpha value is -3.33. The lowest BCUT2D eigenvalue weighted by molar-refractivity contribution is -0.140. The molecule has 2 aromatic heterocycles. The van der Waals surface area contributed by atoms with E-state index in [2.05, 4.69) is 23.7 Å². The summed E-state index contributed by atoms with van der Waals surface area (Å²) in [7, 11) is 1.26. The van der Waals surface area contributed by atoms with Crippen molar-refractivity contribution in [3.63, 3.8) is 0 Å². The smallest absolute Gasteiger partial charge is 0.354 e. The number of carbonyl (C=O) groups excluding carboxylic acids is 3. The molecule has 0 spiro atoms. The molecule has 1 aliphatic heterocycles. The number of methoxy groups -OCH3 is 1. The molecule has 0 unspecified atom stereocenters. The van der Waals surface area contributed by atoms with Crippen LogP contribution < -0.4 is 0 Å². The molecular formula is C24H31N3O6. The molecule has 0 bridgehead atoms. The van der Waals surface area contributed by atoms with Crippen molar-refractivity contribution in [3.8, 4) is 0 Å². The Morgan fingerprint density at radius 3 is 2.55 bits per heavy atom. The maximum atomic E-state index is 13.1. The van der Waals surface area contributed by atoms with Gasteiger partial charge in [0.15, 0.2) is 0 Å². The predicted octanol–water partition coefficient (Wildman–Crippen LogP) is 3.16. The minimum atomic E-state index is -0.855. The van der Waals surface area contributed by atoms with E-state index in [-0.39, 0.29) is 17.0 Å². The number of Topliss-reactive ketones (excluding diaryl/α,β-unsaturated/α-hetero) is 1. The minimum Gasteiger partial charge on any atom is -0.507 e. The van der Waals surface area contributed by atoms with Crippen molar-refractivity contribution in [2.75, 3.05) is 33.3 Å². The molecule has 0 saturated carbocycles. The van der Waals surface area contributed by atoms with Gasteiger partial charge < -0.3 is 29.0 Å². The van der Waals surface area contributed by atoms with E-state index in [0.29, 0.717) is 35.5 Å². The Morgan fingerprint density at radius 1 is 1.27 bits per heavy atom. The number of ketones is 1. The molecule has 3 heterocycles. The fourth-order valence-electron chi connectivity index (χ4n) is 4.40. The molecule has 1 saturated heterocycles. The number of aromatic nitrogens is 1. The summed E-state index contributed by atoms with van der Waals surface area (Å²) in [6.07, 6.45) is 2.13. The van der Waals surface area contributed by atoms with Crippen LogP contribution in [0, 0.1) is 13.8 Å². The molecule has 1 fully saturated rings. The standard InChI is InChI=1S/C24H31N3O6/c1-6-26(7-2)11-9-12-27-20(16-10-8-13-33-16)18(22(29)23(27)30)21(28)17-14(3)19(24(31)32-5)25-15(17)4/h8,10,13,20,25,28H,6-7,9,11-12H2,1-5H3/b21-18+/t20-/m1/s1. The SMILES string of the molecule is CCN(CC)CCCN1C(=O)C(=O)/C(=C(/O)c2c(C)[nH]c(C(=O)OC)c2C)[C@H]1c1ccco1. The number of aryl methyl sites for hydroxylation is 1. The number of carbonyl (C=O) groups is 3. The lowest BCUT2D eigenvalue weighted by atomic mass is 9.97. The van der Waals surface area contributed by atoms with Gasteiger partial charge in [0, 0.05) is 17.8 Å². The second kappa shape index (κ2) is 10.1. The summed E-state index contributed by atoms with van der Waals surface area (Å²) in [5, 5.41) is 11.3. The number of furan rings is 1. The Labute approximate surface area is 193 Å². The van der Waals surface area contributed by atoms with E-state index in [1.165, 1.54) is 18.3 Å². The maximum Gasteiger partial charge on any atom is 0.354 e. The largest absolute Gasteiger partial charge is 0.507 e. The molecule has 0 aromatic carbocycles. The molecule has 1 atom stereocenters. The molecule has 0 radical (unpaired) electrons. The first kappa shape index (κ1) is 24.3. The highest BCUT2D eigenvalue weighted by Crippen LogP contribution is 2.41. The molecule has 3 rings (SSSR count). The summed E-state index contributed by atoms with van der Waals surface area (Å²) in [6.45, 7) is 10.4. The van der Waals surface area contributed by atoms with Gasteiger partial charge in [-0.2, -0.15) is 0 Å². The van der Waals surface area contributed by atoms with Crippen LogP contribution in [0.1, 0.15) is 59.4 Å². The average Bonchev–Trinajstić information content (AvgIpc) is 3.49. The lowest BCUT2D eigenvalue weighted by Gasteiger charge is -2.25. The number of esters is 1. The van der Waals surface area contributed by atoms with Crippen LogP contribution in [-0.4, -0.2) is 70.8 Å². The maximum absolute atomic E-state index is 13.1. The van der Waals surface area contributed by atoms with Crippen molar-refractivity contribution < 1.29 is 28.6 Å². The van der Waals surface area contributed by atoms with Crippen LogP contribution in [0.15, 0.2) is 28.4 Å². The van der Waals surface area contributed by atoms with Gasteiger partial charge in [-0.25, -0.2) is 4.79 Å². The second-order valence-electron chi connectivity index (χ2n) is 8.00. The summed E-state index contributed by atoms with van der Waals surface area (Å²) in [5.74, 6) is -2.01. The number of hydrogen-bond acceptors (Lipinski definition) is 7. The van der Waals surface area contributed by atoms with Crippen LogP contribution in [0.4, 0.5) is 0 Å². The van der Waals surface area contributed by atoms with Gasteiger partial charge in [-0.3, -0.25) is 9.59 Å². The van der Waals surface area contributed by atoms with E-state index >= 15 is 0 Å². The van der Waals surface area contributed by atoms with E-state index in [4.69, 9.17) is 9.15 Å². The number of aliphatic hydroxyl groups is 1. The number of H-pyrrole nitrogens is 1. The van der Waals surface area contributed by atoms with Crippen LogP contribution in [0.2, 0.25) is 0 Å². The van der Waals surface area contributed by atoms with E-state index in [1.54, 1.807) is 26.0 Å². The fourth-order valence-corrected chi connectivity index (χ4v) is 4.40. The normalized spacial score (nSPS) is 17.9. The molecule has 0 aliphatic carbocycles. The van der Waals surface area contributed by atoms with Gasteiger partial charge in [0.25, 0.3) is 11.7 Å². The van der Waals surface area contributed by atoms with Gasteiger partial charge in [0.05, 0.1) is 18.9 Å². The van der Waals surface area contributed by atoms with E-state index in [9.17, 15) is 19.5 Å². The number of rotatable bonds is 9. The molecule has 33 heavy (non-hydrogen) atoms. The Kier molecular flexibility index (Phi) is 7.43. The number of aromatic amines is 1. The van der Waals surface area contributed by atoms with Crippen LogP contribution >= 0.6 is 0 Å². The first-order valence-electron chi connectivity index (χ1n) is 11.1. The van der Waals surface area contributed by atoms with Crippen molar-refractivity contribution in [2.24, 2.45) is 0 Å². The molecule has 1 amide bonds. The zero-order chi connectivity index (χ0) is 24.3. The summed E-state index contributed by atoms with van der Waals surface area (Å²) in [6, 6.07) is 2.50. The Balaban J connectivity index is 2.06. The highest BCUT2D eigenvalue weighted by Gasteiger charge is 2.47. The fraction of sp³-hybridized carbons (Fsp3) is 0.458. The number of likely N-dealkylation sites (tertiary alicyclic amines) is 1. The van der Waals surface area contributed by atoms with Crippen molar-refractivity contribution in [1.82, 2.24) is 14.8 Å². The third-order valence-electron chi connectivity index (χ3n) is 6.18. The highest BCUT2D eigenvalue weighted by atomic mass is 16.5. The summed E-state index contributed by atoms with van der Waals surface area (Å²) < 4.78 is 10.4. The molecular weight excluding hydrogens is 426 g/mol. The number of nitrogens with one attached hydrogen (secondary N) is 1. The van der Waals surface area contributed by atoms with Gasteiger partial charge in [-0.15, -0.1) is 0 Å². The lowest BCUT2D eigenvalue weighted by Crippen LogP contribution is -2.33. The van der Waals surface area contributed by atoms with E-state index in [0.717, 1.165) is 19.6 Å². The highest BCUT2D eigenvalue weighted by molar-refractivity contribution is 6.46. The molecule has 2 aromatic rings. The third-order valence-corrected chi connectivity index (χ3v) is 6.18. The van der Waals surface area contributed by atoms with Crippen LogP contribution in [-0.2, 0) is 14.3 Å². The van der Waals surface area contributed by atoms with E-state index in [1.807, 2.05) is 0 Å². The van der Waals surface area contributed by atoms with Crippen molar-refractivity contribution in [3.05, 3.63) is 52.2 Å². The second-order valence-corrected chi connectivity index (χ2v) is 8.00. The van der Waals surface area contributed by atoms with Crippen LogP contribution in [0.25, 0.3) is 5.76 Å². The van der Waals surface area contributed by atoms with E-state index < -0.39 is 23.7 Å². The molecule has 2 N–H and O–H groups in total. The third kappa shape index (κ3) is 4.45. The number of hydrogen-bond donors (Lipinski definition) is 2. The summed E-state index contributed by atoms with van der Waals surface area (Å²) >= 11 is 0. The van der Waals surface area contributed by atoms with Crippen molar-refractivity contribution in [1.29, 1.82) is 0 Å². The van der Waals surface area contributed by atoms with Crippen molar-refractivity contribution >= 4 is 23.4 Å². The number of ether oxygens (including phenoxy) is 1. The number of aliphatic hydroxyl groups excluding tert-OH is 1. The first-order chi connectivity index (χ1) is 15.8. The van der Waals surface area contributed by atoms with Gasteiger partial charge in [-0.05, 0) is 57.6 Å². The van der Waals surface area contributed by atoms with Gasteiger partial charge in [0.2, 0.25) is 0 Å². The molecule has 178 valence electrons. The summed E-state index contributed by atoms with van der Waals surface area (Å²) in [5.41, 5.74) is 1.34. The molecule has 1 aliphatic rings. The number of nitrogens with zero attached hydrogens (tertiary/aromatic N) is 2. The minimum absolute atomic E-state index is 0.0561. The zero-order valence-electron chi connectivity index (χ0n) is 19.7. The molecule has 9 nitrogen and oxygen atoms in total. The monoisotopic (exact) mass is 457 g/mol. The van der Waals surface area contributed by atoms with Gasteiger partial charge in [0.1, 0.15) is 23.3 Å². The van der Waals surface area contributed by atoms with Crippen LogP contribution in [0.3, 0.4) is 0 Å². The van der Waals surface area contributed by atoms with Gasteiger partial charge >= 0.3 is 5.97 Å². The topological polar surface area (TPSA) is 116 Å². The Morgan fingerprint density at radius 2 is 1.97 bits per heavy atom.